The summed E-state index contributed by atoms with van der Waals surface area (Å²) in [5.41, 5.74) is 1.01. The van der Waals surface area contributed by atoms with Crippen LogP contribution >= 0.6 is 0 Å². The Morgan fingerprint density at radius 2 is 1.80 bits per heavy atom. The highest BCUT2D eigenvalue weighted by molar-refractivity contribution is 5.94. The zero-order chi connectivity index (χ0) is 14.4. The van der Waals surface area contributed by atoms with Gasteiger partial charge in [0.15, 0.2) is 0 Å². The minimum atomic E-state index is 0.234. The van der Waals surface area contributed by atoms with Crippen LogP contribution in [0.25, 0.3) is 0 Å². The van der Waals surface area contributed by atoms with Crippen LogP contribution in [-0.2, 0) is 4.79 Å². The van der Waals surface area contributed by atoms with Gasteiger partial charge in [-0.25, -0.2) is 0 Å². The number of rotatable bonds is 5. The maximum Gasteiger partial charge on any atom is 0.229 e. The van der Waals surface area contributed by atoms with E-state index >= 15 is 0 Å². The number of unbranched alkanes of at least 4 members (excludes halogenated alkanes) is 1. The van der Waals surface area contributed by atoms with Crippen LogP contribution in [0.5, 0.6) is 0 Å². The molecule has 110 valence electrons. The third-order valence-electron chi connectivity index (χ3n) is 4.64. The molecular weight excluding hydrogens is 246 g/mol. The molecule has 20 heavy (non-hydrogen) atoms. The Kier molecular flexibility index (Phi) is 5.63. The summed E-state index contributed by atoms with van der Waals surface area (Å²) in [6.07, 6.45) is 8.60. The maximum absolute atomic E-state index is 12.5. The molecule has 0 spiro atoms. The van der Waals surface area contributed by atoms with Crippen molar-refractivity contribution in [1.29, 1.82) is 0 Å². The molecule has 0 N–H and O–H groups in total. The Bertz CT molecular complexity index is 407. The van der Waals surface area contributed by atoms with E-state index in [0.29, 0.717) is 5.91 Å². The van der Waals surface area contributed by atoms with Gasteiger partial charge in [-0.2, -0.15) is 0 Å². The van der Waals surface area contributed by atoms with Crippen LogP contribution in [0.4, 0.5) is 5.69 Å². The van der Waals surface area contributed by atoms with Gasteiger partial charge in [-0.1, -0.05) is 44.4 Å². The highest BCUT2D eigenvalue weighted by Crippen LogP contribution is 2.33. The Balaban J connectivity index is 1.85. The minimum Gasteiger partial charge on any atom is -0.315 e. The lowest BCUT2D eigenvalue weighted by Gasteiger charge is -2.30. The average molecular weight is 273 g/mol. The smallest absolute Gasteiger partial charge is 0.229 e. The van der Waals surface area contributed by atoms with Crippen LogP contribution in [-0.4, -0.2) is 13.0 Å². The molecule has 0 aliphatic heterocycles. The summed E-state index contributed by atoms with van der Waals surface area (Å²) in [4.78, 5) is 14.4. The van der Waals surface area contributed by atoms with E-state index in [1.165, 1.54) is 32.1 Å². The van der Waals surface area contributed by atoms with Gasteiger partial charge >= 0.3 is 0 Å². The van der Waals surface area contributed by atoms with Crippen molar-refractivity contribution in [2.45, 2.75) is 51.9 Å². The molecule has 0 aromatic heterocycles. The van der Waals surface area contributed by atoms with Crippen molar-refractivity contribution in [2.24, 2.45) is 11.8 Å². The number of benzene rings is 1. The molecule has 2 rings (SSSR count). The van der Waals surface area contributed by atoms with E-state index in [0.717, 1.165) is 24.4 Å². The van der Waals surface area contributed by atoms with Crippen molar-refractivity contribution < 1.29 is 4.79 Å². The lowest BCUT2D eigenvalue weighted by molar-refractivity contribution is -0.123. The largest absolute Gasteiger partial charge is 0.315 e. The SMILES string of the molecule is CCCCC1CCC(C(=O)N(C)c2ccccc2)CC1. The van der Waals surface area contributed by atoms with Crippen molar-refractivity contribution in [3.63, 3.8) is 0 Å². The fourth-order valence-corrected chi connectivity index (χ4v) is 3.24. The van der Waals surface area contributed by atoms with Crippen molar-refractivity contribution in [1.82, 2.24) is 0 Å². The molecule has 1 aromatic rings. The van der Waals surface area contributed by atoms with Gasteiger partial charge in [-0.3, -0.25) is 4.79 Å². The fraction of sp³-hybridized carbons (Fsp3) is 0.611. The average Bonchev–Trinajstić information content (AvgIpc) is 2.53. The second kappa shape index (κ2) is 7.47. The zero-order valence-electron chi connectivity index (χ0n) is 12.8. The topological polar surface area (TPSA) is 20.3 Å². The Hall–Kier alpha value is -1.31. The van der Waals surface area contributed by atoms with Crippen molar-refractivity contribution in [2.75, 3.05) is 11.9 Å². The molecule has 1 aliphatic carbocycles. The van der Waals surface area contributed by atoms with E-state index in [2.05, 4.69) is 6.92 Å². The maximum atomic E-state index is 12.5. The molecule has 0 heterocycles. The molecule has 0 unspecified atom stereocenters. The standard InChI is InChI=1S/C18H27NO/c1-3-4-8-15-11-13-16(14-12-15)18(20)19(2)17-9-6-5-7-10-17/h5-7,9-10,15-16H,3-4,8,11-14H2,1-2H3. The minimum absolute atomic E-state index is 0.234. The Morgan fingerprint density at radius 3 is 2.40 bits per heavy atom. The van der Waals surface area contributed by atoms with Crippen LogP contribution in [0, 0.1) is 11.8 Å². The first kappa shape index (κ1) is 15.1. The number of carbonyl (C=O) groups excluding carboxylic acids is 1. The van der Waals surface area contributed by atoms with Gasteiger partial charge in [0.2, 0.25) is 5.91 Å². The second-order valence-corrected chi connectivity index (χ2v) is 6.09. The predicted molar refractivity (Wildman–Crippen MR) is 84.8 cm³/mol. The summed E-state index contributed by atoms with van der Waals surface area (Å²) in [6, 6.07) is 9.97. The van der Waals surface area contributed by atoms with Crippen LogP contribution in [0.1, 0.15) is 51.9 Å². The number of carbonyl (C=O) groups is 1. The molecule has 0 saturated heterocycles. The van der Waals surface area contributed by atoms with Gasteiger partial charge in [0, 0.05) is 18.7 Å². The summed E-state index contributed by atoms with van der Waals surface area (Å²) < 4.78 is 0. The number of hydrogen-bond donors (Lipinski definition) is 0. The normalized spacial score (nSPS) is 22.5. The highest BCUT2D eigenvalue weighted by Gasteiger charge is 2.28. The summed E-state index contributed by atoms with van der Waals surface area (Å²) in [7, 11) is 1.90. The summed E-state index contributed by atoms with van der Waals surface area (Å²) in [6.45, 7) is 2.25. The van der Waals surface area contributed by atoms with Gasteiger partial charge in [-0.15, -0.1) is 0 Å². The van der Waals surface area contributed by atoms with Gasteiger partial charge < -0.3 is 4.90 Å². The van der Waals surface area contributed by atoms with Crippen molar-refractivity contribution >= 4 is 11.6 Å². The molecule has 1 saturated carbocycles. The van der Waals surface area contributed by atoms with E-state index in [1.54, 1.807) is 0 Å². The lowest BCUT2D eigenvalue weighted by Crippen LogP contribution is -2.35. The van der Waals surface area contributed by atoms with Gasteiger partial charge in [0.05, 0.1) is 0 Å². The lowest BCUT2D eigenvalue weighted by atomic mass is 9.79. The molecule has 1 aromatic carbocycles. The van der Waals surface area contributed by atoms with Crippen LogP contribution in [0.3, 0.4) is 0 Å². The molecule has 0 bridgehead atoms. The highest BCUT2D eigenvalue weighted by atomic mass is 16.2. The van der Waals surface area contributed by atoms with E-state index in [-0.39, 0.29) is 5.92 Å². The zero-order valence-corrected chi connectivity index (χ0v) is 12.8. The molecule has 1 aliphatic rings. The first-order valence-electron chi connectivity index (χ1n) is 8.05. The Labute approximate surface area is 123 Å². The summed E-state index contributed by atoms with van der Waals surface area (Å²) in [5.74, 6) is 1.39. The van der Waals surface area contributed by atoms with E-state index in [1.807, 2.05) is 42.3 Å². The number of amides is 1. The van der Waals surface area contributed by atoms with E-state index in [9.17, 15) is 4.79 Å². The van der Waals surface area contributed by atoms with E-state index in [4.69, 9.17) is 0 Å². The molecule has 2 nitrogen and oxygen atoms in total. The van der Waals surface area contributed by atoms with Crippen molar-refractivity contribution in [3.8, 4) is 0 Å². The Morgan fingerprint density at radius 1 is 1.15 bits per heavy atom. The van der Waals surface area contributed by atoms with Gasteiger partial charge in [-0.05, 0) is 43.7 Å². The van der Waals surface area contributed by atoms with Crippen LogP contribution < -0.4 is 4.90 Å². The van der Waals surface area contributed by atoms with Gasteiger partial charge in [0.1, 0.15) is 0 Å². The molecular formula is C18H27NO. The van der Waals surface area contributed by atoms with Crippen LogP contribution in [0.2, 0.25) is 0 Å². The number of anilines is 1. The first-order chi connectivity index (χ1) is 9.72. The van der Waals surface area contributed by atoms with Crippen LogP contribution in [0.15, 0.2) is 30.3 Å². The molecule has 2 heteroatoms. The van der Waals surface area contributed by atoms with Gasteiger partial charge in [0.25, 0.3) is 0 Å². The third kappa shape index (κ3) is 3.84. The second-order valence-electron chi connectivity index (χ2n) is 6.09. The molecule has 1 fully saturated rings. The van der Waals surface area contributed by atoms with E-state index < -0.39 is 0 Å². The summed E-state index contributed by atoms with van der Waals surface area (Å²) >= 11 is 0. The predicted octanol–water partition coefficient (Wildman–Crippen LogP) is 4.65. The number of hydrogen-bond acceptors (Lipinski definition) is 1. The van der Waals surface area contributed by atoms with Crippen molar-refractivity contribution in [3.05, 3.63) is 30.3 Å². The summed E-state index contributed by atoms with van der Waals surface area (Å²) in [5, 5.41) is 0. The monoisotopic (exact) mass is 273 g/mol. The third-order valence-corrected chi connectivity index (χ3v) is 4.64. The first-order valence-corrected chi connectivity index (χ1v) is 8.05. The number of nitrogens with zero attached hydrogens (tertiary/aromatic N) is 1. The molecule has 0 atom stereocenters. The number of para-hydroxylation sites is 1. The quantitative estimate of drug-likeness (QED) is 0.765. The molecule has 0 radical (unpaired) electrons. The fourth-order valence-electron chi connectivity index (χ4n) is 3.24. The molecule has 1 amide bonds.